The Bertz CT molecular complexity index is 1460. The second kappa shape index (κ2) is 8.02. The largest absolute Gasteiger partial charge is 0.356 e. The van der Waals surface area contributed by atoms with E-state index in [0.29, 0.717) is 12.2 Å². The number of para-hydroxylation sites is 1. The third-order valence-electron chi connectivity index (χ3n) is 7.65. The number of aryl methyl sites for hydroxylation is 1. The molecule has 4 aromatic rings. The van der Waals surface area contributed by atoms with Crippen LogP contribution >= 0.6 is 11.8 Å². The van der Waals surface area contributed by atoms with Crippen molar-refractivity contribution in [2.45, 2.75) is 36.6 Å². The zero-order valence-corrected chi connectivity index (χ0v) is 20.9. The summed E-state index contributed by atoms with van der Waals surface area (Å²) in [6.45, 7) is 4.47. The number of benzene rings is 3. The van der Waals surface area contributed by atoms with Crippen molar-refractivity contribution in [3.05, 3.63) is 95.2 Å². The molecule has 176 valence electrons. The number of carbonyl (C=O) groups is 2. The number of aromatic nitrogens is 1. The maximum Gasteiger partial charge on any atom is 0.332 e. The van der Waals surface area contributed by atoms with Gasteiger partial charge in [0.1, 0.15) is 0 Å². The van der Waals surface area contributed by atoms with Crippen LogP contribution in [0.3, 0.4) is 0 Å². The molecule has 3 aromatic carbocycles. The minimum Gasteiger partial charge on any atom is -0.356 e. The van der Waals surface area contributed by atoms with Gasteiger partial charge in [0, 0.05) is 28.3 Å². The van der Waals surface area contributed by atoms with Crippen LogP contribution in [-0.4, -0.2) is 34.6 Å². The molecule has 35 heavy (non-hydrogen) atoms. The number of hydrogen-bond acceptors (Lipinski definition) is 3. The molecule has 0 unspecified atom stereocenters. The highest BCUT2D eigenvalue weighted by Crippen LogP contribution is 2.50. The molecule has 0 spiro atoms. The summed E-state index contributed by atoms with van der Waals surface area (Å²) in [7, 11) is 0. The van der Waals surface area contributed by atoms with Gasteiger partial charge in [0.15, 0.2) is 5.54 Å². The van der Waals surface area contributed by atoms with E-state index in [4.69, 9.17) is 0 Å². The Balaban J connectivity index is 1.53. The number of amides is 3. The molecule has 2 atom stereocenters. The highest BCUT2D eigenvalue weighted by Gasteiger charge is 2.60. The number of nitrogens with one attached hydrogen (secondary N) is 1. The third-order valence-corrected chi connectivity index (χ3v) is 8.39. The predicted molar refractivity (Wildman–Crippen MR) is 141 cm³/mol. The number of hydrogen-bond donors (Lipinski definition) is 1. The maximum atomic E-state index is 14.0. The lowest BCUT2D eigenvalue weighted by Crippen LogP contribution is -2.50. The summed E-state index contributed by atoms with van der Waals surface area (Å²) >= 11 is 1.63. The quantitative estimate of drug-likeness (QED) is 0.276. The fourth-order valence-corrected chi connectivity index (χ4v) is 6.04. The van der Waals surface area contributed by atoms with Crippen molar-refractivity contribution in [2.24, 2.45) is 0 Å². The van der Waals surface area contributed by atoms with Gasteiger partial charge in [-0.3, -0.25) is 4.79 Å². The summed E-state index contributed by atoms with van der Waals surface area (Å²) in [5.74, 6) is -0.248. The van der Waals surface area contributed by atoms with E-state index in [1.165, 1.54) is 10.5 Å². The van der Waals surface area contributed by atoms with Gasteiger partial charge in [0.2, 0.25) is 0 Å². The number of aromatic amines is 1. The Hall–Kier alpha value is -3.51. The van der Waals surface area contributed by atoms with Crippen LogP contribution < -0.4 is 4.90 Å². The van der Waals surface area contributed by atoms with Crippen LogP contribution in [0.15, 0.2) is 77.7 Å². The van der Waals surface area contributed by atoms with Gasteiger partial charge in [-0.25, -0.2) is 9.69 Å². The molecule has 3 heterocycles. The third kappa shape index (κ3) is 3.09. The van der Waals surface area contributed by atoms with E-state index in [1.54, 1.807) is 16.7 Å². The molecule has 6 heteroatoms. The first-order chi connectivity index (χ1) is 17.0. The molecule has 2 aliphatic rings. The van der Waals surface area contributed by atoms with Gasteiger partial charge in [0.25, 0.3) is 5.91 Å². The van der Waals surface area contributed by atoms with Crippen molar-refractivity contribution in [3.63, 3.8) is 0 Å². The number of H-pyrrole nitrogens is 1. The van der Waals surface area contributed by atoms with Crippen LogP contribution in [0.1, 0.15) is 42.1 Å². The number of urea groups is 1. The van der Waals surface area contributed by atoms with E-state index in [2.05, 4.69) is 42.2 Å². The SMILES string of the molecule is CCc1ccc([C@@H]2CN3C(=O)N(c4ccc(SC)cc4)C(=O)[C@]3(C)c3[nH]c4ccccc4c32)cc1. The average Bonchev–Trinajstić information content (AvgIpc) is 3.38. The Morgan fingerprint density at radius 2 is 1.71 bits per heavy atom. The molecule has 2 aliphatic heterocycles. The van der Waals surface area contributed by atoms with Gasteiger partial charge < -0.3 is 9.88 Å². The fraction of sp³-hybridized carbons (Fsp3) is 0.241. The normalized spacial score (nSPS) is 21.5. The van der Waals surface area contributed by atoms with Crippen LogP contribution in [0.2, 0.25) is 0 Å². The van der Waals surface area contributed by atoms with Gasteiger partial charge in [-0.1, -0.05) is 49.4 Å². The molecule has 0 saturated carbocycles. The molecule has 1 saturated heterocycles. The second-order valence-electron chi connectivity index (χ2n) is 9.41. The molecule has 0 bridgehead atoms. The van der Waals surface area contributed by atoms with Crippen LogP contribution in [0.25, 0.3) is 10.9 Å². The van der Waals surface area contributed by atoms with Gasteiger partial charge in [-0.15, -0.1) is 11.8 Å². The molecule has 0 aliphatic carbocycles. The van der Waals surface area contributed by atoms with Crippen LogP contribution in [0, 0.1) is 0 Å². The summed E-state index contributed by atoms with van der Waals surface area (Å²) < 4.78 is 0. The minimum absolute atomic E-state index is 0.0318. The standard InChI is InChI=1S/C29H27N3O2S/c1-4-18-9-11-19(12-10-18)23-17-31-28(34)32(20-13-15-21(35-3)16-14-20)27(33)29(31,2)26-25(23)22-7-5-6-8-24(22)30-26/h5-16,23,30H,4,17H2,1-3H3/t23-,29-/m0/s1. The van der Waals surface area contributed by atoms with Crippen molar-refractivity contribution in [1.29, 1.82) is 0 Å². The van der Waals surface area contributed by atoms with E-state index in [9.17, 15) is 9.59 Å². The average molecular weight is 482 g/mol. The van der Waals surface area contributed by atoms with E-state index in [-0.39, 0.29) is 17.9 Å². The van der Waals surface area contributed by atoms with Crippen LogP contribution in [0.5, 0.6) is 0 Å². The lowest BCUT2D eigenvalue weighted by Gasteiger charge is -2.40. The molecular formula is C29H27N3O2S. The van der Waals surface area contributed by atoms with Crippen molar-refractivity contribution >= 4 is 40.3 Å². The minimum atomic E-state index is -1.09. The van der Waals surface area contributed by atoms with Crippen molar-refractivity contribution in [2.75, 3.05) is 17.7 Å². The highest BCUT2D eigenvalue weighted by molar-refractivity contribution is 7.98. The number of carbonyl (C=O) groups excluding carboxylic acids is 2. The Morgan fingerprint density at radius 1 is 1.00 bits per heavy atom. The summed E-state index contributed by atoms with van der Waals surface area (Å²) in [5, 5.41) is 1.11. The second-order valence-corrected chi connectivity index (χ2v) is 10.3. The van der Waals surface area contributed by atoms with Crippen molar-refractivity contribution in [1.82, 2.24) is 9.88 Å². The van der Waals surface area contributed by atoms with Crippen molar-refractivity contribution in [3.8, 4) is 0 Å². The van der Waals surface area contributed by atoms with E-state index < -0.39 is 5.54 Å². The topological polar surface area (TPSA) is 56.4 Å². The fourth-order valence-electron chi connectivity index (χ4n) is 5.63. The summed E-state index contributed by atoms with van der Waals surface area (Å²) in [6, 6.07) is 24.2. The molecule has 3 amide bonds. The number of imide groups is 1. The summed E-state index contributed by atoms with van der Waals surface area (Å²) in [4.78, 5) is 35.6. The molecule has 0 radical (unpaired) electrons. The Morgan fingerprint density at radius 3 is 2.40 bits per heavy atom. The van der Waals surface area contributed by atoms with Crippen LogP contribution in [-0.2, 0) is 16.8 Å². The van der Waals surface area contributed by atoms with Gasteiger partial charge in [-0.2, -0.15) is 0 Å². The van der Waals surface area contributed by atoms with E-state index in [0.717, 1.165) is 39.0 Å². The number of thioether (sulfide) groups is 1. The Kier molecular flexibility index (Phi) is 5.04. The summed E-state index contributed by atoms with van der Waals surface area (Å²) in [6.07, 6.45) is 2.98. The Labute approximate surface area is 209 Å². The number of fused-ring (bicyclic) bond motifs is 5. The van der Waals surface area contributed by atoms with Gasteiger partial charge in [-0.05, 0) is 66.6 Å². The predicted octanol–water partition coefficient (Wildman–Crippen LogP) is 6.28. The van der Waals surface area contributed by atoms with E-state index in [1.807, 2.05) is 55.6 Å². The summed E-state index contributed by atoms with van der Waals surface area (Å²) in [5.41, 5.74) is 4.86. The zero-order valence-electron chi connectivity index (χ0n) is 20.0. The smallest absolute Gasteiger partial charge is 0.332 e. The first-order valence-corrected chi connectivity index (χ1v) is 13.2. The monoisotopic (exact) mass is 481 g/mol. The number of nitrogens with zero attached hydrogens (tertiary/aromatic N) is 2. The zero-order chi connectivity index (χ0) is 24.3. The molecule has 6 rings (SSSR count). The van der Waals surface area contributed by atoms with E-state index >= 15 is 0 Å². The first-order valence-electron chi connectivity index (χ1n) is 12.0. The molecule has 5 nitrogen and oxygen atoms in total. The number of anilines is 1. The maximum absolute atomic E-state index is 14.0. The lowest BCUT2D eigenvalue weighted by molar-refractivity contribution is -0.125. The van der Waals surface area contributed by atoms with Crippen molar-refractivity contribution < 1.29 is 9.59 Å². The lowest BCUT2D eigenvalue weighted by atomic mass is 9.78. The molecule has 1 N–H and O–H groups in total. The number of rotatable bonds is 4. The van der Waals surface area contributed by atoms with Gasteiger partial charge >= 0.3 is 6.03 Å². The highest BCUT2D eigenvalue weighted by atomic mass is 32.2. The molecule has 1 aromatic heterocycles. The molecular weight excluding hydrogens is 454 g/mol. The first kappa shape index (κ1) is 22.0. The van der Waals surface area contributed by atoms with Gasteiger partial charge in [0.05, 0.1) is 11.4 Å². The molecule has 1 fully saturated rings. The van der Waals surface area contributed by atoms with Crippen LogP contribution in [0.4, 0.5) is 10.5 Å².